The molecule has 1 nitrogen and oxygen atoms in total. The summed E-state index contributed by atoms with van der Waals surface area (Å²) in [6, 6.07) is 4.24. The SMILES string of the molecule is Cc1ccc(C(C)CC(C)Br)cn1. The van der Waals surface area contributed by atoms with Gasteiger partial charge in [0.15, 0.2) is 0 Å². The zero-order valence-corrected chi connectivity index (χ0v) is 10.0. The fraction of sp³-hybridized carbons (Fsp3) is 0.545. The summed E-state index contributed by atoms with van der Waals surface area (Å²) in [6.45, 7) is 6.43. The molecule has 0 radical (unpaired) electrons. The van der Waals surface area contributed by atoms with Gasteiger partial charge >= 0.3 is 0 Å². The van der Waals surface area contributed by atoms with Crippen LogP contribution < -0.4 is 0 Å². The first-order valence-corrected chi connectivity index (χ1v) is 5.57. The summed E-state index contributed by atoms with van der Waals surface area (Å²) in [5.74, 6) is 0.586. The standard InChI is InChI=1S/C11H16BrN/c1-8(6-9(2)12)11-5-4-10(3)13-7-11/h4-5,7-9H,6H2,1-3H3. The van der Waals surface area contributed by atoms with E-state index in [1.165, 1.54) is 5.56 Å². The molecule has 0 bridgehead atoms. The van der Waals surface area contributed by atoms with E-state index in [2.05, 4.69) is 46.9 Å². The third kappa shape index (κ3) is 3.47. The number of halogens is 1. The van der Waals surface area contributed by atoms with Crippen LogP contribution in [-0.2, 0) is 0 Å². The van der Waals surface area contributed by atoms with Crippen molar-refractivity contribution in [3.8, 4) is 0 Å². The van der Waals surface area contributed by atoms with Crippen molar-refractivity contribution in [3.63, 3.8) is 0 Å². The molecule has 0 amide bonds. The molecule has 0 aliphatic rings. The van der Waals surface area contributed by atoms with E-state index in [1.807, 2.05) is 13.1 Å². The predicted molar refractivity (Wildman–Crippen MR) is 60.4 cm³/mol. The first-order valence-electron chi connectivity index (χ1n) is 4.66. The lowest BCUT2D eigenvalue weighted by Crippen LogP contribution is -2.00. The Labute approximate surface area is 88.7 Å². The average molecular weight is 242 g/mol. The lowest BCUT2D eigenvalue weighted by molar-refractivity contribution is 0.678. The second-order valence-corrected chi connectivity index (χ2v) is 5.21. The van der Waals surface area contributed by atoms with E-state index in [4.69, 9.17) is 0 Å². The van der Waals surface area contributed by atoms with E-state index in [0.717, 1.165) is 12.1 Å². The molecule has 0 spiro atoms. The molecular formula is C11H16BrN. The summed E-state index contributed by atoms with van der Waals surface area (Å²) in [6.07, 6.45) is 3.14. The van der Waals surface area contributed by atoms with Gasteiger partial charge in [0.2, 0.25) is 0 Å². The maximum Gasteiger partial charge on any atom is 0.0372 e. The highest BCUT2D eigenvalue weighted by atomic mass is 79.9. The Hall–Kier alpha value is -0.370. The van der Waals surface area contributed by atoms with Crippen molar-refractivity contribution in [2.24, 2.45) is 0 Å². The van der Waals surface area contributed by atoms with Crippen molar-refractivity contribution in [1.29, 1.82) is 0 Å². The van der Waals surface area contributed by atoms with Crippen molar-refractivity contribution in [3.05, 3.63) is 29.6 Å². The van der Waals surface area contributed by atoms with Crippen LogP contribution in [0.1, 0.15) is 37.4 Å². The molecule has 1 aromatic heterocycles. The normalized spacial score (nSPS) is 15.4. The Bertz CT molecular complexity index is 253. The Morgan fingerprint density at radius 2 is 2.08 bits per heavy atom. The molecule has 0 N–H and O–H groups in total. The highest BCUT2D eigenvalue weighted by molar-refractivity contribution is 9.09. The summed E-state index contributed by atoms with van der Waals surface area (Å²) in [5, 5.41) is 0. The molecule has 0 aliphatic heterocycles. The van der Waals surface area contributed by atoms with Gasteiger partial charge < -0.3 is 0 Å². The highest BCUT2D eigenvalue weighted by Crippen LogP contribution is 2.22. The van der Waals surface area contributed by atoms with Crippen molar-refractivity contribution in [2.75, 3.05) is 0 Å². The number of rotatable bonds is 3. The first-order chi connectivity index (χ1) is 6.09. The third-order valence-corrected chi connectivity index (χ3v) is 2.56. The van der Waals surface area contributed by atoms with Gasteiger partial charge in [0.25, 0.3) is 0 Å². The van der Waals surface area contributed by atoms with Gasteiger partial charge in [-0.3, -0.25) is 4.98 Å². The minimum Gasteiger partial charge on any atom is -0.261 e. The highest BCUT2D eigenvalue weighted by Gasteiger charge is 2.08. The number of alkyl halides is 1. The number of aromatic nitrogens is 1. The van der Waals surface area contributed by atoms with Gasteiger partial charge in [0.05, 0.1) is 0 Å². The summed E-state index contributed by atoms with van der Waals surface area (Å²) in [4.78, 5) is 4.87. The number of pyridine rings is 1. The first kappa shape index (κ1) is 10.7. The molecule has 1 heterocycles. The van der Waals surface area contributed by atoms with Gasteiger partial charge in [-0.25, -0.2) is 0 Å². The van der Waals surface area contributed by atoms with Crippen molar-refractivity contribution < 1.29 is 0 Å². The topological polar surface area (TPSA) is 12.9 Å². The summed E-state index contributed by atoms with van der Waals surface area (Å²) >= 11 is 3.57. The van der Waals surface area contributed by atoms with Crippen LogP contribution in [0.5, 0.6) is 0 Å². The van der Waals surface area contributed by atoms with E-state index >= 15 is 0 Å². The number of nitrogens with zero attached hydrogens (tertiary/aromatic N) is 1. The molecule has 13 heavy (non-hydrogen) atoms. The Morgan fingerprint density at radius 3 is 2.54 bits per heavy atom. The van der Waals surface area contributed by atoms with Gasteiger partial charge in [-0.15, -0.1) is 0 Å². The minimum absolute atomic E-state index is 0.573. The maximum atomic E-state index is 4.29. The molecule has 0 aliphatic carbocycles. The van der Waals surface area contributed by atoms with Crippen LogP contribution in [0.25, 0.3) is 0 Å². The van der Waals surface area contributed by atoms with E-state index in [9.17, 15) is 0 Å². The number of aryl methyl sites for hydroxylation is 1. The molecule has 0 saturated carbocycles. The summed E-state index contributed by atoms with van der Waals surface area (Å²) in [5.41, 5.74) is 2.42. The monoisotopic (exact) mass is 241 g/mol. The van der Waals surface area contributed by atoms with E-state index in [0.29, 0.717) is 10.7 Å². The van der Waals surface area contributed by atoms with Gasteiger partial charge in [0.1, 0.15) is 0 Å². The van der Waals surface area contributed by atoms with Crippen LogP contribution in [0, 0.1) is 6.92 Å². The fourth-order valence-corrected chi connectivity index (χ4v) is 1.95. The van der Waals surface area contributed by atoms with Crippen LogP contribution in [-0.4, -0.2) is 9.81 Å². The van der Waals surface area contributed by atoms with E-state index < -0.39 is 0 Å². The molecule has 1 aromatic rings. The van der Waals surface area contributed by atoms with Crippen LogP contribution in [0.4, 0.5) is 0 Å². The number of hydrogen-bond donors (Lipinski definition) is 0. The second-order valence-electron chi connectivity index (χ2n) is 3.65. The quantitative estimate of drug-likeness (QED) is 0.737. The van der Waals surface area contributed by atoms with E-state index in [1.54, 1.807) is 0 Å². The lowest BCUT2D eigenvalue weighted by atomic mass is 9.98. The van der Waals surface area contributed by atoms with Crippen molar-refractivity contribution in [1.82, 2.24) is 4.98 Å². The lowest BCUT2D eigenvalue weighted by Gasteiger charge is -2.12. The van der Waals surface area contributed by atoms with Crippen molar-refractivity contribution >= 4 is 15.9 Å². The molecule has 0 saturated heterocycles. The molecule has 1 rings (SSSR count). The second kappa shape index (κ2) is 4.75. The molecule has 72 valence electrons. The zero-order valence-electron chi connectivity index (χ0n) is 8.42. The molecule has 2 unspecified atom stereocenters. The Balaban J connectivity index is 2.66. The molecule has 2 heteroatoms. The smallest absolute Gasteiger partial charge is 0.0372 e. The summed E-state index contributed by atoms with van der Waals surface area (Å²) in [7, 11) is 0. The average Bonchev–Trinajstić information content (AvgIpc) is 2.04. The Kier molecular flexibility index (Phi) is 3.91. The van der Waals surface area contributed by atoms with Gasteiger partial charge in [0, 0.05) is 16.7 Å². The predicted octanol–water partition coefficient (Wildman–Crippen LogP) is 3.67. The zero-order chi connectivity index (χ0) is 9.84. The largest absolute Gasteiger partial charge is 0.261 e. The molecule has 2 atom stereocenters. The van der Waals surface area contributed by atoms with Crippen LogP contribution in [0.2, 0.25) is 0 Å². The maximum absolute atomic E-state index is 4.29. The van der Waals surface area contributed by atoms with Crippen LogP contribution in [0.3, 0.4) is 0 Å². The molecular weight excluding hydrogens is 226 g/mol. The summed E-state index contributed by atoms with van der Waals surface area (Å²) < 4.78 is 0. The van der Waals surface area contributed by atoms with Gasteiger partial charge in [-0.1, -0.05) is 35.8 Å². The van der Waals surface area contributed by atoms with E-state index in [-0.39, 0.29) is 0 Å². The molecule has 0 fully saturated rings. The fourth-order valence-electron chi connectivity index (χ4n) is 1.39. The Morgan fingerprint density at radius 1 is 1.38 bits per heavy atom. The van der Waals surface area contributed by atoms with Crippen LogP contribution >= 0.6 is 15.9 Å². The van der Waals surface area contributed by atoms with Crippen LogP contribution in [0.15, 0.2) is 18.3 Å². The third-order valence-electron chi connectivity index (χ3n) is 2.18. The van der Waals surface area contributed by atoms with Crippen molar-refractivity contribution in [2.45, 2.75) is 37.9 Å². The number of hydrogen-bond acceptors (Lipinski definition) is 1. The molecule has 0 aromatic carbocycles. The van der Waals surface area contributed by atoms with Gasteiger partial charge in [-0.2, -0.15) is 0 Å². The minimum atomic E-state index is 0.573. The van der Waals surface area contributed by atoms with Gasteiger partial charge in [-0.05, 0) is 30.9 Å².